The minimum absolute atomic E-state index is 0.0958. The molecule has 2 amide bonds. The minimum atomic E-state index is -0.566. The van der Waals surface area contributed by atoms with Gasteiger partial charge in [-0.1, -0.05) is 18.2 Å². The van der Waals surface area contributed by atoms with Crippen molar-refractivity contribution in [1.29, 1.82) is 0 Å². The molecule has 0 aliphatic carbocycles. The van der Waals surface area contributed by atoms with Crippen LogP contribution in [0.1, 0.15) is 43.6 Å². The third-order valence-electron chi connectivity index (χ3n) is 6.01. The molecular weight excluding hydrogens is 472 g/mol. The Kier molecular flexibility index (Phi) is 6.20. The molecule has 0 bridgehead atoms. The van der Waals surface area contributed by atoms with Crippen LogP contribution in [-0.4, -0.2) is 60.3 Å². The van der Waals surface area contributed by atoms with Crippen molar-refractivity contribution in [2.75, 3.05) is 24.1 Å². The summed E-state index contributed by atoms with van der Waals surface area (Å²) in [5.41, 5.74) is 8.14. The first-order valence-electron chi connectivity index (χ1n) is 12.0. The van der Waals surface area contributed by atoms with Gasteiger partial charge in [-0.05, 0) is 51.5 Å². The number of pyridine rings is 1. The Balaban J connectivity index is 1.42. The Morgan fingerprint density at radius 2 is 1.86 bits per heavy atom. The van der Waals surface area contributed by atoms with Crippen LogP contribution in [0.15, 0.2) is 55.0 Å². The molecule has 0 spiro atoms. The molecule has 11 heteroatoms. The van der Waals surface area contributed by atoms with E-state index in [-0.39, 0.29) is 18.0 Å². The summed E-state index contributed by atoms with van der Waals surface area (Å²) in [5.74, 6) is 0.519. The van der Waals surface area contributed by atoms with E-state index in [0.29, 0.717) is 53.4 Å². The number of benzene rings is 1. The van der Waals surface area contributed by atoms with Gasteiger partial charge in [0, 0.05) is 30.4 Å². The van der Waals surface area contributed by atoms with Crippen molar-refractivity contribution in [1.82, 2.24) is 29.6 Å². The van der Waals surface area contributed by atoms with Crippen LogP contribution in [0, 0.1) is 0 Å². The quantitative estimate of drug-likeness (QED) is 0.430. The number of likely N-dealkylation sites (tertiary alicyclic amines) is 1. The molecule has 0 radical (unpaired) electrons. The molecule has 37 heavy (non-hydrogen) atoms. The average molecular weight is 501 g/mol. The minimum Gasteiger partial charge on any atom is -0.444 e. The molecule has 11 nitrogen and oxygen atoms in total. The number of hydrogen-bond acceptors (Lipinski definition) is 8. The summed E-state index contributed by atoms with van der Waals surface area (Å²) in [7, 11) is 0. The largest absolute Gasteiger partial charge is 0.444 e. The standard InChI is InChI=1S/C26H28N8O3/c1-26(2,3)37-25(36)33-13-11-18(14-33)34-23-20(22(27)29-15-30-23)21(32-34)16-7-9-17(10-8-16)24(35)31-19-6-4-5-12-28-19/h4-10,12,15,18H,11,13-14H2,1-3H3,(H2,27,29,30)(H,28,31,35)/t18-/m1/s1. The van der Waals surface area contributed by atoms with Crippen molar-refractivity contribution < 1.29 is 14.3 Å². The highest BCUT2D eigenvalue weighted by Crippen LogP contribution is 2.34. The van der Waals surface area contributed by atoms with Gasteiger partial charge in [0.15, 0.2) is 5.65 Å². The van der Waals surface area contributed by atoms with E-state index in [1.54, 1.807) is 41.4 Å². The first kappa shape index (κ1) is 24.2. The van der Waals surface area contributed by atoms with Crippen LogP contribution in [0.5, 0.6) is 0 Å². The summed E-state index contributed by atoms with van der Waals surface area (Å²) >= 11 is 0. The molecule has 1 fully saturated rings. The number of amides is 2. The highest BCUT2D eigenvalue weighted by molar-refractivity contribution is 6.04. The van der Waals surface area contributed by atoms with E-state index >= 15 is 0 Å². The van der Waals surface area contributed by atoms with E-state index in [1.807, 2.05) is 37.6 Å². The Labute approximate surface area is 213 Å². The fourth-order valence-electron chi connectivity index (χ4n) is 4.29. The maximum Gasteiger partial charge on any atom is 0.410 e. The van der Waals surface area contributed by atoms with Gasteiger partial charge in [0.1, 0.15) is 29.3 Å². The van der Waals surface area contributed by atoms with Crippen molar-refractivity contribution in [3.05, 3.63) is 60.6 Å². The fourth-order valence-corrected chi connectivity index (χ4v) is 4.29. The van der Waals surface area contributed by atoms with Crippen LogP contribution in [-0.2, 0) is 4.74 Å². The number of hydrogen-bond donors (Lipinski definition) is 2. The van der Waals surface area contributed by atoms with Gasteiger partial charge in [0.2, 0.25) is 0 Å². The SMILES string of the molecule is CC(C)(C)OC(=O)N1CC[C@@H](n2nc(-c3ccc(C(=O)Nc4ccccn4)cc3)c3c(N)ncnc32)C1. The Morgan fingerprint density at radius 1 is 1.08 bits per heavy atom. The molecule has 0 unspecified atom stereocenters. The molecule has 1 aliphatic heterocycles. The highest BCUT2D eigenvalue weighted by atomic mass is 16.6. The fraction of sp³-hybridized carbons (Fsp3) is 0.308. The molecule has 1 atom stereocenters. The lowest BCUT2D eigenvalue weighted by molar-refractivity contribution is 0.0288. The molecule has 1 saturated heterocycles. The van der Waals surface area contributed by atoms with Crippen LogP contribution in [0.4, 0.5) is 16.4 Å². The third-order valence-corrected chi connectivity index (χ3v) is 6.01. The van der Waals surface area contributed by atoms with Gasteiger partial charge in [0.25, 0.3) is 5.91 Å². The van der Waals surface area contributed by atoms with Crippen molar-refractivity contribution in [2.45, 2.75) is 38.8 Å². The van der Waals surface area contributed by atoms with E-state index < -0.39 is 5.60 Å². The summed E-state index contributed by atoms with van der Waals surface area (Å²) < 4.78 is 7.34. The van der Waals surface area contributed by atoms with Crippen molar-refractivity contribution in [3.63, 3.8) is 0 Å². The predicted molar refractivity (Wildman–Crippen MR) is 139 cm³/mol. The summed E-state index contributed by atoms with van der Waals surface area (Å²) in [6.07, 6.45) is 3.38. The number of nitrogens with zero attached hydrogens (tertiary/aromatic N) is 6. The number of anilines is 2. The number of ether oxygens (including phenoxy) is 1. The molecule has 5 rings (SSSR count). The Morgan fingerprint density at radius 3 is 2.57 bits per heavy atom. The van der Waals surface area contributed by atoms with E-state index in [9.17, 15) is 9.59 Å². The van der Waals surface area contributed by atoms with Crippen LogP contribution < -0.4 is 11.1 Å². The Bertz CT molecular complexity index is 1440. The molecule has 1 aliphatic rings. The number of fused-ring (bicyclic) bond motifs is 1. The van der Waals surface area contributed by atoms with Crippen molar-refractivity contribution >= 4 is 34.7 Å². The van der Waals surface area contributed by atoms with Gasteiger partial charge < -0.3 is 20.7 Å². The van der Waals surface area contributed by atoms with Crippen LogP contribution in [0.25, 0.3) is 22.3 Å². The maximum absolute atomic E-state index is 12.6. The lowest BCUT2D eigenvalue weighted by Gasteiger charge is -2.24. The molecule has 1 aromatic carbocycles. The van der Waals surface area contributed by atoms with Gasteiger partial charge in [-0.2, -0.15) is 5.10 Å². The van der Waals surface area contributed by atoms with Crippen LogP contribution in [0.3, 0.4) is 0 Å². The highest BCUT2D eigenvalue weighted by Gasteiger charge is 2.33. The molecule has 3 aromatic heterocycles. The van der Waals surface area contributed by atoms with Gasteiger partial charge in [0.05, 0.1) is 11.4 Å². The van der Waals surface area contributed by atoms with E-state index in [2.05, 4.69) is 20.3 Å². The van der Waals surface area contributed by atoms with Gasteiger partial charge >= 0.3 is 6.09 Å². The summed E-state index contributed by atoms with van der Waals surface area (Å²) in [6, 6.07) is 12.3. The zero-order valence-corrected chi connectivity index (χ0v) is 20.9. The lowest BCUT2D eigenvalue weighted by Crippen LogP contribution is -2.35. The number of rotatable bonds is 4. The van der Waals surface area contributed by atoms with E-state index in [4.69, 9.17) is 15.6 Å². The number of aromatic nitrogens is 5. The van der Waals surface area contributed by atoms with E-state index in [0.717, 1.165) is 5.56 Å². The Hall–Kier alpha value is -4.54. The first-order valence-corrected chi connectivity index (χ1v) is 12.0. The number of carbonyl (C=O) groups is 2. The first-order chi connectivity index (χ1) is 17.7. The zero-order valence-electron chi connectivity index (χ0n) is 20.9. The maximum atomic E-state index is 12.6. The topological polar surface area (TPSA) is 141 Å². The van der Waals surface area contributed by atoms with E-state index in [1.165, 1.54) is 6.33 Å². The van der Waals surface area contributed by atoms with Gasteiger partial charge in [-0.15, -0.1) is 0 Å². The van der Waals surface area contributed by atoms with Crippen molar-refractivity contribution in [3.8, 4) is 11.3 Å². The molecule has 4 aromatic rings. The number of nitrogens with two attached hydrogens (primary N) is 1. The average Bonchev–Trinajstić information content (AvgIpc) is 3.50. The molecular formula is C26H28N8O3. The molecule has 190 valence electrons. The molecule has 0 saturated carbocycles. The van der Waals surface area contributed by atoms with Gasteiger partial charge in [-0.25, -0.2) is 24.4 Å². The zero-order chi connectivity index (χ0) is 26.2. The normalized spacial score (nSPS) is 15.6. The summed E-state index contributed by atoms with van der Waals surface area (Å²) in [5, 5.41) is 8.26. The third kappa shape index (κ3) is 5.06. The smallest absolute Gasteiger partial charge is 0.410 e. The van der Waals surface area contributed by atoms with Gasteiger partial charge in [-0.3, -0.25) is 4.79 Å². The summed E-state index contributed by atoms with van der Waals surface area (Å²) in [4.78, 5) is 39.6. The second kappa shape index (κ2) is 9.49. The van der Waals surface area contributed by atoms with Crippen LogP contribution in [0.2, 0.25) is 0 Å². The summed E-state index contributed by atoms with van der Waals surface area (Å²) in [6.45, 7) is 6.54. The van der Waals surface area contributed by atoms with Crippen LogP contribution >= 0.6 is 0 Å². The lowest BCUT2D eigenvalue weighted by atomic mass is 10.1. The monoisotopic (exact) mass is 500 g/mol. The number of carbonyl (C=O) groups excluding carboxylic acids is 2. The molecule has 3 N–H and O–H groups in total. The number of nitrogens with one attached hydrogen (secondary N) is 1. The second-order valence-electron chi connectivity index (χ2n) is 9.87. The molecule has 4 heterocycles. The second-order valence-corrected chi connectivity index (χ2v) is 9.87. The predicted octanol–water partition coefficient (Wildman–Crippen LogP) is 3.90. The van der Waals surface area contributed by atoms with Crippen molar-refractivity contribution in [2.24, 2.45) is 0 Å². The number of nitrogen functional groups attached to an aromatic ring is 1.